The highest BCUT2D eigenvalue weighted by molar-refractivity contribution is 5.62. The Bertz CT molecular complexity index is 1060. The number of para-hydroxylation sites is 1. The van der Waals surface area contributed by atoms with Crippen LogP contribution in [-0.2, 0) is 12.7 Å². The smallest absolute Gasteiger partial charge is 0.416 e. The van der Waals surface area contributed by atoms with E-state index in [2.05, 4.69) is 9.88 Å². The number of benzene rings is 2. The zero-order valence-corrected chi connectivity index (χ0v) is 18.0. The van der Waals surface area contributed by atoms with Crippen LogP contribution in [0.25, 0.3) is 11.5 Å². The third kappa shape index (κ3) is 5.07. The van der Waals surface area contributed by atoms with Crippen LogP contribution in [0.2, 0.25) is 0 Å². The lowest BCUT2D eigenvalue weighted by atomic mass is 10.1. The Morgan fingerprint density at radius 2 is 1.84 bits per heavy atom. The quantitative estimate of drug-likeness (QED) is 0.485. The maximum atomic E-state index is 12.9. The third-order valence-electron chi connectivity index (χ3n) is 5.60. The molecule has 1 aliphatic rings. The second kappa shape index (κ2) is 9.24. The summed E-state index contributed by atoms with van der Waals surface area (Å²) in [5.41, 5.74) is 0.973. The van der Waals surface area contributed by atoms with Crippen LogP contribution in [0.15, 0.2) is 52.9 Å². The maximum absolute atomic E-state index is 12.9. The average molecular weight is 446 g/mol. The summed E-state index contributed by atoms with van der Waals surface area (Å²) >= 11 is 0. The van der Waals surface area contributed by atoms with Crippen molar-refractivity contribution < 1.29 is 27.1 Å². The average Bonchev–Trinajstić information content (AvgIpc) is 3.14. The first-order chi connectivity index (χ1) is 15.3. The lowest BCUT2D eigenvalue weighted by molar-refractivity contribution is -0.137. The first kappa shape index (κ1) is 22.2. The molecule has 1 aliphatic heterocycles. The van der Waals surface area contributed by atoms with Crippen LogP contribution in [0.1, 0.15) is 29.9 Å². The van der Waals surface area contributed by atoms with Gasteiger partial charge in [-0.05, 0) is 50.1 Å². The molecule has 2 heterocycles. The number of aromatic nitrogens is 1. The molecule has 0 atom stereocenters. The van der Waals surface area contributed by atoms with Crippen molar-refractivity contribution in [2.75, 3.05) is 20.2 Å². The maximum Gasteiger partial charge on any atom is 0.416 e. The lowest BCUT2D eigenvalue weighted by Crippen LogP contribution is -2.38. The van der Waals surface area contributed by atoms with Gasteiger partial charge in [0.1, 0.15) is 23.4 Å². The van der Waals surface area contributed by atoms with Crippen LogP contribution in [0.5, 0.6) is 11.5 Å². The van der Waals surface area contributed by atoms with Gasteiger partial charge in [0.05, 0.1) is 23.9 Å². The molecule has 0 spiro atoms. The molecule has 0 unspecified atom stereocenters. The van der Waals surface area contributed by atoms with Crippen LogP contribution in [0.3, 0.4) is 0 Å². The van der Waals surface area contributed by atoms with E-state index in [0.29, 0.717) is 18.2 Å². The van der Waals surface area contributed by atoms with Crippen LogP contribution in [-0.4, -0.2) is 36.2 Å². The van der Waals surface area contributed by atoms with Gasteiger partial charge >= 0.3 is 6.18 Å². The summed E-state index contributed by atoms with van der Waals surface area (Å²) in [5, 5.41) is 0. The number of halogens is 3. The Kier molecular flexibility index (Phi) is 6.41. The van der Waals surface area contributed by atoms with Crippen LogP contribution in [0, 0.1) is 6.92 Å². The van der Waals surface area contributed by atoms with Gasteiger partial charge in [0.2, 0.25) is 5.89 Å². The first-order valence-corrected chi connectivity index (χ1v) is 10.5. The Balaban J connectivity index is 1.35. The number of nitrogens with zero attached hydrogens (tertiary/aromatic N) is 2. The summed E-state index contributed by atoms with van der Waals surface area (Å²) in [6.07, 6.45) is -3.03. The molecule has 170 valence electrons. The molecule has 0 saturated carbocycles. The highest BCUT2D eigenvalue weighted by atomic mass is 19.4. The minimum absolute atomic E-state index is 0.114. The zero-order valence-electron chi connectivity index (χ0n) is 18.0. The fourth-order valence-electron chi connectivity index (χ4n) is 3.85. The molecule has 0 aliphatic carbocycles. The number of piperidine rings is 1. The van der Waals surface area contributed by atoms with Crippen molar-refractivity contribution in [1.29, 1.82) is 0 Å². The number of alkyl halides is 3. The molecule has 1 aromatic heterocycles. The molecule has 3 aromatic rings. The van der Waals surface area contributed by atoms with Crippen molar-refractivity contribution in [1.82, 2.24) is 9.88 Å². The Hall–Kier alpha value is -3.00. The van der Waals surface area contributed by atoms with Crippen molar-refractivity contribution in [3.05, 3.63) is 65.5 Å². The van der Waals surface area contributed by atoms with Crippen LogP contribution in [0.4, 0.5) is 13.2 Å². The monoisotopic (exact) mass is 446 g/mol. The summed E-state index contributed by atoms with van der Waals surface area (Å²) < 4.78 is 55.8. The second-order valence-electron chi connectivity index (χ2n) is 7.84. The molecule has 5 nitrogen and oxygen atoms in total. The van der Waals surface area contributed by atoms with Gasteiger partial charge in [-0.1, -0.05) is 18.2 Å². The minimum atomic E-state index is -4.37. The molecule has 8 heteroatoms. The highest BCUT2D eigenvalue weighted by Crippen LogP contribution is 2.33. The summed E-state index contributed by atoms with van der Waals surface area (Å²) in [7, 11) is 1.61. The summed E-state index contributed by atoms with van der Waals surface area (Å²) in [6, 6.07) is 12.6. The fourth-order valence-corrected chi connectivity index (χ4v) is 3.85. The number of oxazole rings is 1. The van der Waals surface area contributed by atoms with Crippen molar-refractivity contribution in [3.8, 4) is 23.0 Å². The number of ether oxygens (including phenoxy) is 2. The zero-order chi connectivity index (χ0) is 22.7. The van der Waals surface area contributed by atoms with E-state index in [0.717, 1.165) is 55.1 Å². The molecule has 4 rings (SSSR count). The van der Waals surface area contributed by atoms with E-state index in [-0.39, 0.29) is 11.9 Å². The van der Waals surface area contributed by atoms with E-state index in [1.54, 1.807) is 13.2 Å². The first-order valence-electron chi connectivity index (χ1n) is 10.5. The minimum Gasteiger partial charge on any atom is -0.496 e. The van der Waals surface area contributed by atoms with E-state index in [1.165, 1.54) is 6.07 Å². The van der Waals surface area contributed by atoms with E-state index < -0.39 is 11.7 Å². The number of hydrogen-bond donors (Lipinski definition) is 0. The van der Waals surface area contributed by atoms with Crippen molar-refractivity contribution in [2.45, 2.75) is 38.6 Å². The molecule has 2 aromatic carbocycles. The van der Waals surface area contributed by atoms with Crippen molar-refractivity contribution in [2.24, 2.45) is 0 Å². The topological polar surface area (TPSA) is 47.7 Å². The van der Waals surface area contributed by atoms with Gasteiger partial charge in [0.15, 0.2) is 0 Å². The summed E-state index contributed by atoms with van der Waals surface area (Å²) in [6.45, 7) is 4.06. The van der Waals surface area contributed by atoms with Gasteiger partial charge in [0.25, 0.3) is 0 Å². The van der Waals surface area contributed by atoms with Gasteiger partial charge in [0, 0.05) is 19.6 Å². The molecule has 32 heavy (non-hydrogen) atoms. The summed E-state index contributed by atoms with van der Waals surface area (Å²) in [4.78, 5) is 6.93. The predicted octanol–water partition coefficient (Wildman–Crippen LogP) is 5.72. The molecular weight excluding hydrogens is 421 g/mol. The molecule has 0 bridgehead atoms. The van der Waals surface area contributed by atoms with Crippen molar-refractivity contribution >= 4 is 0 Å². The predicted molar refractivity (Wildman–Crippen MR) is 114 cm³/mol. The van der Waals surface area contributed by atoms with Crippen molar-refractivity contribution in [3.63, 3.8) is 0 Å². The molecule has 0 N–H and O–H groups in total. The number of likely N-dealkylation sites (tertiary alicyclic amines) is 1. The Morgan fingerprint density at radius 1 is 1.09 bits per heavy atom. The normalized spacial score (nSPS) is 15.7. The van der Waals surface area contributed by atoms with E-state index >= 15 is 0 Å². The van der Waals surface area contributed by atoms with Gasteiger partial charge < -0.3 is 13.9 Å². The molecule has 0 amide bonds. The van der Waals surface area contributed by atoms with E-state index in [4.69, 9.17) is 13.9 Å². The number of aryl methyl sites for hydroxylation is 1. The van der Waals surface area contributed by atoms with Crippen LogP contribution < -0.4 is 9.47 Å². The fraction of sp³-hybridized carbons (Fsp3) is 0.375. The van der Waals surface area contributed by atoms with Gasteiger partial charge in [-0.2, -0.15) is 13.2 Å². The second-order valence-corrected chi connectivity index (χ2v) is 7.84. The van der Waals surface area contributed by atoms with Gasteiger partial charge in [-0.3, -0.25) is 4.90 Å². The number of rotatable bonds is 6. The highest BCUT2D eigenvalue weighted by Gasteiger charge is 2.31. The third-order valence-corrected chi connectivity index (χ3v) is 5.60. The molecule has 1 fully saturated rings. The Labute approximate surface area is 184 Å². The summed E-state index contributed by atoms with van der Waals surface area (Å²) in [5.74, 6) is 2.24. The van der Waals surface area contributed by atoms with Crippen LogP contribution >= 0.6 is 0 Å². The molecule has 1 saturated heterocycles. The van der Waals surface area contributed by atoms with E-state index in [1.807, 2.05) is 31.2 Å². The molecule has 0 radical (unpaired) electrons. The standard InChI is InChI=1S/C24H25F3N2O3/c1-16-21(28-23(31-16)20-8-3-4-9-22(20)30-2)15-29-12-10-18(11-13-29)32-19-7-5-6-17(14-19)24(25,26)27/h3-9,14,18H,10-13,15H2,1-2H3. The SMILES string of the molecule is COc1ccccc1-c1nc(CN2CCC(Oc3cccc(C(F)(F)F)c3)CC2)c(C)o1. The lowest BCUT2D eigenvalue weighted by Gasteiger charge is -2.31. The van der Waals surface area contributed by atoms with E-state index in [9.17, 15) is 13.2 Å². The Morgan fingerprint density at radius 3 is 2.56 bits per heavy atom. The van der Waals surface area contributed by atoms with Gasteiger partial charge in [-0.25, -0.2) is 4.98 Å². The largest absolute Gasteiger partial charge is 0.496 e. The number of hydrogen-bond acceptors (Lipinski definition) is 5. The number of methoxy groups -OCH3 is 1. The molecular formula is C24H25F3N2O3. The van der Waals surface area contributed by atoms with Gasteiger partial charge in [-0.15, -0.1) is 0 Å².